The normalized spacial score (nSPS) is 25.1. The van der Waals surface area contributed by atoms with Crippen molar-refractivity contribution in [2.45, 2.75) is 38.7 Å². The first kappa shape index (κ1) is 13.7. The molecule has 0 spiro atoms. The Hall–Kier alpha value is -0.730. The summed E-state index contributed by atoms with van der Waals surface area (Å²) in [5.74, 6) is 1.79. The average molecular weight is 269 g/mol. The Bertz CT molecular complexity index is 405. The van der Waals surface area contributed by atoms with Crippen molar-refractivity contribution < 1.29 is 9.84 Å². The summed E-state index contributed by atoms with van der Waals surface area (Å²) in [7, 11) is 1.60. The zero-order chi connectivity index (χ0) is 13.1. The van der Waals surface area contributed by atoms with Gasteiger partial charge in [0.15, 0.2) is 0 Å². The van der Waals surface area contributed by atoms with Gasteiger partial charge in [-0.25, -0.2) is 0 Å². The second kappa shape index (κ2) is 5.94. The van der Waals surface area contributed by atoms with E-state index in [1.807, 2.05) is 12.1 Å². The average Bonchev–Trinajstić information content (AvgIpc) is 2.87. The fourth-order valence-electron chi connectivity index (χ4n) is 2.90. The number of benzene rings is 1. The number of aliphatic hydroxyl groups is 1. The predicted molar refractivity (Wildman–Crippen MR) is 74.1 cm³/mol. The van der Waals surface area contributed by atoms with E-state index in [0.29, 0.717) is 16.7 Å². The van der Waals surface area contributed by atoms with E-state index in [9.17, 15) is 5.11 Å². The van der Waals surface area contributed by atoms with E-state index < -0.39 is 6.10 Å². The van der Waals surface area contributed by atoms with E-state index in [1.165, 1.54) is 12.8 Å². The minimum absolute atomic E-state index is 0.376. The third kappa shape index (κ3) is 2.81. The first-order chi connectivity index (χ1) is 8.65. The second-order valence-corrected chi connectivity index (χ2v) is 5.59. The number of ether oxygens (including phenoxy) is 1. The van der Waals surface area contributed by atoms with Gasteiger partial charge in [-0.2, -0.15) is 0 Å². The van der Waals surface area contributed by atoms with Crippen molar-refractivity contribution in [3.8, 4) is 5.75 Å². The first-order valence-electron chi connectivity index (χ1n) is 6.67. The van der Waals surface area contributed by atoms with Crippen LogP contribution in [0.1, 0.15) is 44.3 Å². The summed E-state index contributed by atoms with van der Waals surface area (Å²) < 4.78 is 5.20. The molecule has 1 saturated carbocycles. The highest BCUT2D eigenvalue weighted by molar-refractivity contribution is 6.32. The van der Waals surface area contributed by atoms with Gasteiger partial charge in [0.05, 0.1) is 18.2 Å². The molecule has 1 fully saturated rings. The Kier molecular flexibility index (Phi) is 4.52. The van der Waals surface area contributed by atoms with Crippen molar-refractivity contribution >= 4 is 11.6 Å². The quantitative estimate of drug-likeness (QED) is 0.886. The van der Waals surface area contributed by atoms with Crippen LogP contribution in [0.15, 0.2) is 18.2 Å². The summed E-state index contributed by atoms with van der Waals surface area (Å²) in [5.41, 5.74) is 0.915. The van der Waals surface area contributed by atoms with Gasteiger partial charge in [0, 0.05) is 0 Å². The molecule has 2 rings (SSSR count). The summed E-state index contributed by atoms with van der Waals surface area (Å²) >= 11 is 6.00. The van der Waals surface area contributed by atoms with Crippen LogP contribution in [0.5, 0.6) is 5.75 Å². The zero-order valence-electron chi connectivity index (χ0n) is 11.0. The molecule has 3 unspecified atom stereocenters. The van der Waals surface area contributed by atoms with Crippen LogP contribution < -0.4 is 4.74 Å². The zero-order valence-corrected chi connectivity index (χ0v) is 11.8. The third-order valence-corrected chi connectivity index (χ3v) is 4.43. The summed E-state index contributed by atoms with van der Waals surface area (Å²) in [5, 5.41) is 11.0. The molecule has 0 heterocycles. The minimum Gasteiger partial charge on any atom is -0.495 e. The Balaban J connectivity index is 2.11. The molecule has 1 aliphatic carbocycles. The van der Waals surface area contributed by atoms with Crippen molar-refractivity contribution in [1.82, 2.24) is 0 Å². The molecule has 0 bridgehead atoms. The number of hydrogen-bond donors (Lipinski definition) is 1. The lowest BCUT2D eigenvalue weighted by atomic mass is 9.93. The van der Waals surface area contributed by atoms with Gasteiger partial charge in [-0.05, 0) is 42.4 Å². The molecule has 0 saturated heterocycles. The number of aliphatic hydroxyl groups excluding tert-OH is 1. The first-order valence-corrected chi connectivity index (χ1v) is 7.05. The molecule has 2 nitrogen and oxygen atoms in total. The molecule has 3 heteroatoms. The van der Waals surface area contributed by atoms with Crippen molar-refractivity contribution in [1.29, 1.82) is 0 Å². The number of methoxy groups -OCH3 is 1. The predicted octanol–water partition coefficient (Wildman–Crippen LogP) is 4.21. The molecule has 18 heavy (non-hydrogen) atoms. The summed E-state index contributed by atoms with van der Waals surface area (Å²) in [6.07, 6.45) is 4.30. The van der Waals surface area contributed by atoms with E-state index >= 15 is 0 Å². The summed E-state index contributed by atoms with van der Waals surface area (Å²) in [6, 6.07) is 5.55. The van der Waals surface area contributed by atoms with Gasteiger partial charge in [-0.3, -0.25) is 0 Å². The van der Waals surface area contributed by atoms with Gasteiger partial charge < -0.3 is 9.84 Å². The Morgan fingerprint density at radius 1 is 1.44 bits per heavy atom. The standard InChI is InChI=1S/C15H21ClO2/c1-3-10-4-5-11(8-10)15(17)12-6-7-13(16)14(9-12)18-2/h6-7,9-11,15,17H,3-5,8H2,1-2H3. The maximum absolute atomic E-state index is 10.4. The third-order valence-electron chi connectivity index (χ3n) is 4.12. The number of rotatable bonds is 4. The highest BCUT2D eigenvalue weighted by Gasteiger charge is 2.30. The van der Waals surface area contributed by atoms with Crippen LogP contribution in [0.4, 0.5) is 0 Å². The smallest absolute Gasteiger partial charge is 0.137 e. The van der Waals surface area contributed by atoms with E-state index in [4.69, 9.17) is 16.3 Å². The Morgan fingerprint density at radius 3 is 2.83 bits per heavy atom. The van der Waals surface area contributed by atoms with Gasteiger partial charge in [-0.15, -0.1) is 0 Å². The van der Waals surface area contributed by atoms with Gasteiger partial charge in [0.1, 0.15) is 5.75 Å². The van der Waals surface area contributed by atoms with Crippen LogP contribution in [-0.2, 0) is 0 Å². The van der Waals surface area contributed by atoms with E-state index in [2.05, 4.69) is 6.92 Å². The van der Waals surface area contributed by atoms with Crippen LogP contribution in [0.3, 0.4) is 0 Å². The van der Waals surface area contributed by atoms with Crippen LogP contribution in [-0.4, -0.2) is 12.2 Å². The molecule has 0 amide bonds. The number of hydrogen-bond acceptors (Lipinski definition) is 2. The van der Waals surface area contributed by atoms with Gasteiger partial charge in [0.2, 0.25) is 0 Å². The van der Waals surface area contributed by atoms with Crippen molar-refractivity contribution in [3.05, 3.63) is 28.8 Å². The topological polar surface area (TPSA) is 29.5 Å². The Morgan fingerprint density at radius 2 is 2.22 bits per heavy atom. The highest BCUT2D eigenvalue weighted by atomic mass is 35.5. The monoisotopic (exact) mass is 268 g/mol. The molecule has 0 radical (unpaired) electrons. The van der Waals surface area contributed by atoms with Crippen LogP contribution >= 0.6 is 11.6 Å². The van der Waals surface area contributed by atoms with Crippen molar-refractivity contribution in [2.75, 3.05) is 7.11 Å². The molecule has 0 aliphatic heterocycles. The van der Waals surface area contributed by atoms with Crippen LogP contribution in [0.2, 0.25) is 5.02 Å². The lowest BCUT2D eigenvalue weighted by Crippen LogP contribution is -2.10. The maximum atomic E-state index is 10.4. The fraction of sp³-hybridized carbons (Fsp3) is 0.600. The second-order valence-electron chi connectivity index (χ2n) is 5.19. The molecule has 1 aromatic rings. The maximum Gasteiger partial charge on any atom is 0.137 e. The van der Waals surface area contributed by atoms with Crippen molar-refractivity contribution in [2.24, 2.45) is 11.8 Å². The van der Waals surface area contributed by atoms with E-state index in [-0.39, 0.29) is 0 Å². The molecule has 1 N–H and O–H groups in total. The molecule has 0 aromatic heterocycles. The van der Waals surface area contributed by atoms with Crippen LogP contribution in [0.25, 0.3) is 0 Å². The van der Waals surface area contributed by atoms with Crippen molar-refractivity contribution in [3.63, 3.8) is 0 Å². The van der Waals surface area contributed by atoms with Gasteiger partial charge in [-0.1, -0.05) is 37.4 Å². The lowest BCUT2D eigenvalue weighted by molar-refractivity contribution is 0.109. The van der Waals surface area contributed by atoms with E-state index in [1.54, 1.807) is 13.2 Å². The van der Waals surface area contributed by atoms with Gasteiger partial charge >= 0.3 is 0 Å². The Labute approximate surface area is 114 Å². The molecule has 1 aliphatic rings. The molecule has 3 atom stereocenters. The molecule has 1 aromatic carbocycles. The SMILES string of the molecule is CCC1CCC(C(O)c2ccc(Cl)c(OC)c2)C1. The summed E-state index contributed by atoms with van der Waals surface area (Å²) in [6.45, 7) is 2.23. The van der Waals surface area contributed by atoms with Crippen LogP contribution in [0, 0.1) is 11.8 Å². The summed E-state index contributed by atoms with van der Waals surface area (Å²) in [4.78, 5) is 0. The lowest BCUT2D eigenvalue weighted by Gasteiger charge is -2.19. The number of halogens is 1. The molecular weight excluding hydrogens is 248 g/mol. The highest BCUT2D eigenvalue weighted by Crippen LogP contribution is 2.41. The molecular formula is C15H21ClO2. The minimum atomic E-state index is -0.396. The van der Waals surface area contributed by atoms with Gasteiger partial charge in [0.25, 0.3) is 0 Å². The molecule has 100 valence electrons. The van der Waals surface area contributed by atoms with E-state index in [0.717, 1.165) is 24.3 Å². The fourth-order valence-corrected chi connectivity index (χ4v) is 3.10. The largest absolute Gasteiger partial charge is 0.495 e.